The Labute approximate surface area is 60.7 Å². The lowest BCUT2D eigenvalue weighted by Gasteiger charge is -1.89. The van der Waals surface area contributed by atoms with Crippen molar-refractivity contribution in [3.8, 4) is 0 Å². The third-order valence-corrected chi connectivity index (χ3v) is 1.53. The highest BCUT2D eigenvalue weighted by Crippen LogP contribution is 2.13. The molecule has 0 nitrogen and oxygen atoms in total. The largest absolute Gasteiger partial charge is 0.211 e. The molecule has 1 aliphatic carbocycles. The summed E-state index contributed by atoms with van der Waals surface area (Å²) in [5.41, 5.74) is 1.19. The SMILES string of the molecule is CCC1=CC=C(F)CC=C1. The molecule has 0 unspecified atom stereocenters. The third kappa shape index (κ3) is 1.83. The summed E-state index contributed by atoms with van der Waals surface area (Å²) in [6.45, 7) is 2.06. The second-order valence-corrected chi connectivity index (χ2v) is 2.32. The Morgan fingerprint density at radius 2 is 2.30 bits per heavy atom. The molecule has 0 atom stereocenters. The van der Waals surface area contributed by atoms with Crippen molar-refractivity contribution in [2.75, 3.05) is 0 Å². The normalized spacial score (nSPS) is 17.8. The van der Waals surface area contributed by atoms with E-state index in [0.717, 1.165) is 6.42 Å². The maximum Gasteiger partial charge on any atom is 0.104 e. The van der Waals surface area contributed by atoms with Gasteiger partial charge in [0.05, 0.1) is 0 Å². The minimum Gasteiger partial charge on any atom is -0.211 e. The zero-order valence-corrected chi connectivity index (χ0v) is 6.10. The molecule has 0 saturated heterocycles. The molecule has 0 spiro atoms. The molecule has 0 aromatic rings. The van der Waals surface area contributed by atoms with Gasteiger partial charge in [0.15, 0.2) is 0 Å². The molecule has 0 heterocycles. The summed E-state index contributed by atoms with van der Waals surface area (Å²) in [7, 11) is 0. The predicted molar refractivity (Wildman–Crippen MR) is 41.3 cm³/mol. The van der Waals surface area contributed by atoms with Gasteiger partial charge < -0.3 is 0 Å². The zero-order valence-electron chi connectivity index (χ0n) is 6.10. The average Bonchev–Trinajstić information content (AvgIpc) is 2.14. The van der Waals surface area contributed by atoms with Crippen molar-refractivity contribution in [3.05, 3.63) is 35.7 Å². The first-order chi connectivity index (χ1) is 4.83. The van der Waals surface area contributed by atoms with Crippen molar-refractivity contribution < 1.29 is 4.39 Å². The van der Waals surface area contributed by atoms with E-state index in [1.807, 2.05) is 18.2 Å². The molecule has 10 heavy (non-hydrogen) atoms. The Morgan fingerprint density at radius 1 is 1.50 bits per heavy atom. The van der Waals surface area contributed by atoms with Gasteiger partial charge in [-0.1, -0.05) is 25.2 Å². The van der Waals surface area contributed by atoms with E-state index in [2.05, 4.69) is 6.92 Å². The second kappa shape index (κ2) is 3.35. The topological polar surface area (TPSA) is 0 Å². The Bertz CT molecular complexity index is 197. The van der Waals surface area contributed by atoms with Crippen LogP contribution in [0.3, 0.4) is 0 Å². The van der Waals surface area contributed by atoms with E-state index in [4.69, 9.17) is 0 Å². The predicted octanol–water partition coefficient (Wildman–Crippen LogP) is 3.14. The summed E-state index contributed by atoms with van der Waals surface area (Å²) >= 11 is 0. The molecular formula is C9H11F. The van der Waals surface area contributed by atoms with E-state index in [-0.39, 0.29) is 5.83 Å². The van der Waals surface area contributed by atoms with E-state index in [1.54, 1.807) is 6.08 Å². The Kier molecular flexibility index (Phi) is 2.43. The maximum atomic E-state index is 12.5. The summed E-state index contributed by atoms with van der Waals surface area (Å²) in [6, 6.07) is 0. The van der Waals surface area contributed by atoms with E-state index in [0.29, 0.717) is 6.42 Å². The van der Waals surface area contributed by atoms with Gasteiger partial charge in [-0.3, -0.25) is 0 Å². The van der Waals surface area contributed by atoms with Gasteiger partial charge in [0.2, 0.25) is 0 Å². The van der Waals surface area contributed by atoms with Crippen molar-refractivity contribution in [3.63, 3.8) is 0 Å². The fraction of sp³-hybridized carbons (Fsp3) is 0.333. The Hall–Kier alpha value is -0.850. The highest BCUT2D eigenvalue weighted by Gasteiger charge is 1.94. The van der Waals surface area contributed by atoms with Crippen LogP contribution in [0.25, 0.3) is 0 Å². The van der Waals surface area contributed by atoms with Crippen LogP contribution in [-0.4, -0.2) is 0 Å². The van der Waals surface area contributed by atoms with Crippen molar-refractivity contribution in [1.82, 2.24) is 0 Å². The van der Waals surface area contributed by atoms with Crippen LogP contribution < -0.4 is 0 Å². The summed E-state index contributed by atoms with van der Waals surface area (Å²) < 4.78 is 12.5. The van der Waals surface area contributed by atoms with Crippen LogP contribution in [0.15, 0.2) is 35.7 Å². The lowest BCUT2D eigenvalue weighted by Crippen LogP contribution is -1.69. The summed E-state index contributed by atoms with van der Waals surface area (Å²) in [6.07, 6.45) is 8.62. The minimum absolute atomic E-state index is 0.0558. The third-order valence-electron chi connectivity index (χ3n) is 1.53. The molecule has 0 bridgehead atoms. The maximum absolute atomic E-state index is 12.5. The first-order valence-electron chi connectivity index (χ1n) is 3.54. The first kappa shape index (κ1) is 7.26. The van der Waals surface area contributed by atoms with E-state index < -0.39 is 0 Å². The molecule has 0 aliphatic heterocycles. The summed E-state index contributed by atoms with van der Waals surface area (Å²) in [5.74, 6) is -0.0558. The fourth-order valence-electron chi connectivity index (χ4n) is 0.880. The Balaban J connectivity index is 2.75. The van der Waals surface area contributed by atoms with Crippen molar-refractivity contribution in [2.24, 2.45) is 0 Å². The number of allylic oxidation sites excluding steroid dienone is 6. The molecule has 0 saturated carbocycles. The molecule has 1 aliphatic rings. The van der Waals surface area contributed by atoms with E-state index in [9.17, 15) is 4.39 Å². The van der Waals surface area contributed by atoms with Gasteiger partial charge in [0, 0.05) is 6.42 Å². The molecule has 1 rings (SSSR count). The monoisotopic (exact) mass is 138 g/mol. The van der Waals surface area contributed by atoms with Gasteiger partial charge in [0.1, 0.15) is 5.83 Å². The van der Waals surface area contributed by atoms with Crippen LogP contribution in [-0.2, 0) is 0 Å². The van der Waals surface area contributed by atoms with Gasteiger partial charge in [-0.05, 0) is 18.1 Å². The number of hydrogen-bond acceptors (Lipinski definition) is 0. The number of hydrogen-bond donors (Lipinski definition) is 0. The van der Waals surface area contributed by atoms with Crippen LogP contribution in [0.1, 0.15) is 19.8 Å². The van der Waals surface area contributed by atoms with Gasteiger partial charge >= 0.3 is 0 Å². The van der Waals surface area contributed by atoms with Crippen LogP contribution in [0.5, 0.6) is 0 Å². The highest BCUT2D eigenvalue weighted by atomic mass is 19.1. The summed E-state index contributed by atoms with van der Waals surface area (Å²) in [5, 5.41) is 0. The van der Waals surface area contributed by atoms with Crippen molar-refractivity contribution >= 4 is 0 Å². The second-order valence-electron chi connectivity index (χ2n) is 2.32. The van der Waals surface area contributed by atoms with Crippen LogP contribution >= 0.6 is 0 Å². The van der Waals surface area contributed by atoms with Crippen LogP contribution in [0.4, 0.5) is 4.39 Å². The zero-order chi connectivity index (χ0) is 7.40. The molecule has 0 aromatic carbocycles. The van der Waals surface area contributed by atoms with E-state index >= 15 is 0 Å². The lowest BCUT2D eigenvalue weighted by atomic mass is 10.2. The molecule has 0 aromatic heterocycles. The van der Waals surface area contributed by atoms with Gasteiger partial charge in [-0.2, -0.15) is 0 Å². The molecule has 54 valence electrons. The average molecular weight is 138 g/mol. The molecular weight excluding hydrogens is 127 g/mol. The number of rotatable bonds is 1. The van der Waals surface area contributed by atoms with Gasteiger partial charge in [0.25, 0.3) is 0 Å². The molecule has 0 N–H and O–H groups in total. The fourth-order valence-corrected chi connectivity index (χ4v) is 0.880. The van der Waals surface area contributed by atoms with E-state index in [1.165, 1.54) is 5.57 Å². The van der Waals surface area contributed by atoms with Crippen LogP contribution in [0, 0.1) is 0 Å². The van der Waals surface area contributed by atoms with Crippen molar-refractivity contribution in [2.45, 2.75) is 19.8 Å². The van der Waals surface area contributed by atoms with Crippen LogP contribution in [0.2, 0.25) is 0 Å². The van der Waals surface area contributed by atoms with Crippen molar-refractivity contribution in [1.29, 1.82) is 0 Å². The highest BCUT2D eigenvalue weighted by molar-refractivity contribution is 5.28. The van der Waals surface area contributed by atoms with Gasteiger partial charge in [-0.25, -0.2) is 4.39 Å². The summed E-state index contributed by atoms with van der Waals surface area (Å²) in [4.78, 5) is 0. The first-order valence-corrected chi connectivity index (χ1v) is 3.54. The van der Waals surface area contributed by atoms with Gasteiger partial charge in [-0.15, -0.1) is 0 Å². The molecule has 1 heteroatoms. The number of halogens is 1. The molecule has 0 radical (unpaired) electrons. The smallest absolute Gasteiger partial charge is 0.104 e. The lowest BCUT2D eigenvalue weighted by molar-refractivity contribution is 0.618. The standard InChI is InChI=1S/C9H11F/c1-2-8-4-3-5-9(10)7-6-8/h3-4,6-7H,2,5H2,1H3. The molecule has 0 amide bonds. The minimum atomic E-state index is -0.0558. The Morgan fingerprint density at radius 3 is 3.00 bits per heavy atom. The quantitative estimate of drug-likeness (QED) is 0.522. The molecule has 0 fully saturated rings.